The average Bonchev–Trinajstić information content (AvgIpc) is 2.43. The van der Waals surface area contributed by atoms with Crippen LogP contribution in [0.3, 0.4) is 0 Å². The molecule has 2 bridgehead atoms. The second-order valence-corrected chi connectivity index (χ2v) is 5.68. The summed E-state index contributed by atoms with van der Waals surface area (Å²) in [4.78, 5) is 11.4. The molecule has 0 saturated carbocycles. The van der Waals surface area contributed by atoms with Crippen LogP contribution in [0, 0.1) is 0 Å². The number of carbonyl (C=O) groups excluding carboxylic acids is 1. The van der Waals surface area contributed by atoms with Crippen LogP contribution in [0.15, 0.2) is 36.1 Å². The Bertz CT molecular complexity index is 592. The maximum Gasteiger partial charge on any atom is 0.303 e. The molecule has 2 aliphatic heterocycles. The zero-order valence-corrected chi connectivity index (χ0v) is 12.6. The van der Waals surface area contributed by atoms with Gasteiger partial charge in [-0.05, 0) is 19.9 Å². The second kappa shape index (κ2) is 5.19. The van der Waals surface area contributed by atoms with Gasteiger partial charge in [0.15, 0.2) is 6.10 Å². The number of hydrogen-bond acceptors (Lipinski definition) is 4. The van der Waals surface area contributed by atoms with E-state index in [2.05, 4.69) is 6.92 Å². The number of hydrogen-bond donors (Lipinski definition) is 0. The van der Waals surface area contributed by atoms with Crippen LogP contribution in [0.1, 0.15) is 44.4 Å². The fourth-order valence-electron chi connectivity index (χ4n) is 3.24. The zero-order chi connectivity index (χ0) is 15.0. The Hall–Kier alpha value is -1.81. The molecular formula is C17H20O4. The smallest absolute Gasteiger partial charge is 0.303 e. The highest BCUT2D eigenvalue weighted by Gasteiger charge is 2.46. The van der Waals surface area contributed by atoms with Gasteiger partial charge in [0, 0.05) is 31.1 Å². The van der Waals surface area contributed by atoms with E-state index in [-0.39, 0.29) is 12.1 Å². The summed E-state index contributed by atoms with van der Waals surface area (Å²) in [7, 11) is 0. The first-order chi connectivity index (χ1) is 10.0. The van der Waals surface area contributed by atoms with Crippen molar-refractivity contribution < 1.29 is 19.0 Å². The van der Waals surface area contributed by atoms with Crippen molar-refractivity contribution in [2.24, 2.45) is 0 Å². The van der Waals surface area contributed by atoms with Gasteiger partial charge in [-0.15, -0.1) is 0 Å². The van der Waals surface area contributed by atoms with Gasteiger partial charge >= 0.3 is 5.97 Å². The SMILES string of the molecule is CCO[C@H]1C=C2O[C@](C)(C1)c1ccccc1[C@H]2OC(C)=O. The standard InChI is InChI=1S/C17H20O4/c1-4-19-12-9-15-16(20-11(2)18)13-7-5-6-8-14(13)17(3,10-12)21-15/h5-9,12,16H,4,10H2,1-3H3/t12-,16+,17+/m0/s1. The van der Waals surface area contributed by atoms with Crippen molar-refractivity contribution in [1.82, 2.24) is 0 Å². The van der Waals surface area contributed by atoms with Gasteiger partial charge in [-0.25, -0.2) is 0 Å². The number of benzene rings is 1. The van der Waals surface area contributed by atoms with Crippen molar-refractivity contribution >= 4 is 5.97 Å². The second-order valence-electron chi connectivity index (χ2n) is 5.68. The van der Waals surface area contributed by atoms with Crippen molar-refractivity contribution in [3.63, 3.8) is 0 Å². The lowest BCUT2D eigenvalue weighted by molar-refractivity contribution is -0.154. The van der Waals surface area contributed by atoms with Crippen molar-refractivity contribution in [2.75, 3.05) is 6.61 Å². The minimum atomic E-state index is -0.477. The minimum absolute atomic E-state index is 0.0184. The molecule has 0 spiro atoms. The molecule has 4 nitrogen and oxygen atoms in total. The molecule has 3 atom stereocenters. The van der Waals surface area contributed by atoms with E-state index >= 15 is 0 Å². The molecule has 0 aromatic heterocycles. The third-order valence-electron chi connectivity index (χ3n) is 4.02. The van der Waals surface area contributed by atoms with Gasteiger partial charge in [0.25, 0.3) is 0 Å². The lowest BCUT2D eigenvalue weighted by Crippen LogP contribution is -2.41. The van der Waals surface area contributed by atoms with Crippen molar-refractivity contribution in [2.45, 2.75) is 45.0 Å². The molecule has 0 saturated heterocycles. The lowest BCUT2D eigenvalue weighted by Gasteiger charge is -2.45. The predicted octanol–water partition coefficient (Wildman–Crippen LogP) is 3.23. The largest absolute Gasteiger partial charge is 0.483 e. The van der Waals surface area contributed by atoms with E-state index in [0.717, 1.165) is 17.5 Å². The quantitative estimate of drug-likeness (QED) is 0.801. The highest BCUT2D eigenvalue weighted by atomic mass is 16.6. The van der Waals surface area contributed by atoms with Crippen LogP contribution < -0.4 is 0 Å². The molecule has 112 valence electrons. The van der Waals surface area contributed by atoms with Crippen molar-refractivity contribution in [1.29, 1.82) is 0 Å². The Morgan fingerprint density at radius 2 is 2.19 bits per heavy atom. The molecule has 0 unspecified atom stereocenters. The number of ether oxygens (including phenoxy) is 3. The molecular weight excluding hydrogens is 268 g/mol. The molecule has 2 heterocycles. The van der Waals surface area contributed by atoms with E-state index < -0.39 is 11.7 Å². The Kier molecular flexibility index (Phi) is 3.49. The van der Waals surface area contributed by atoms with Gasteiger partial charge in [-0.3, -0.25) is 4.79 Å². The average molecular weight is 288 g/mol. The summed E-state index contributed by atoms with van der Waals surface area (Å²) in [6, 6.07) is 7.98. The van der Waals surface area contributed by atoms with Crippen LogP contribution in [-0.2, 0) is 24.6 Å². The van der Waals surface area contributed by atoms with Crippen LogP contribution in [0.2, 0.25) is 0 Å². The number of esters is 1. The highest BCUT2D eigenvalue weighted by molar-refractivity contribution is 5.67. The molecule has 2 aliphatic rings. The topological polar surface area (TPSA) is 44.8 Å². The van der Waals surface area contributed by atoms with Crippen LogP contribution in [0.25, 0.3) is 0 Å². The fourth-order valence-corrected chi connectivity index (χ4v) is 3.24. The van der Waals surface area contributed by atoms with E-state index in [1.165, 1.54) is 6.92 Å². The molecule has 4 heteroatoms. The van der Waals surface area contributed by atoms with Gasteiger partial charge in [0.05, 0.1) is 6.10 Å². The summed E-state index contributed by atoms with van der Waals surface area (Å²) in [5, 5.41) is 0. The third-order valence-corrected chi connectivity index (χ3v) is 4.02. The minimum Gasteiger partial charge on any atom is -0.483 e. The summed E-state index contributed by atoms with van der Waals surface area (Å²) in [6.07, 6.45) is 2.20. The molecule has 0 N–H and O–H groups in total. The van der Waals surface area contributed by atoms with E-state index in [4.69, 9.17) is 14.2 Å². The first kappa shape index (κ1) is 14.1. The normalized spacial score (nSPS) is 30.0. The van der Waals surface area contributed by atoms with Crippen LogP contribution >= 0.6 is 0 Å². The molecule has 0 fully saturated rings. The van der Waals surface area contributed by atoms with Crippen molar-refractivity contribution in [3.8, 4) is 0 Å². The zero-order valence-electron chi connectivity index (χ0n) is 12.6. The number of carbonyl (C=O) groups is 1. The predicted molar refractivity (Wildman–Crippen MR) is 77.5 cm³/mol. The van der Waals surface area contributed by atoms with Gasteiger partial charge < -0.3 is 14.2 Å². The molecule has 0 radical (unpaired) electrons. The van der Waals surface area contributed by atoms with Crippen molar-refractivity contribution in [3.05, 3.63) is 47.2 Å². The Balaban J connectivity index is 2.08. The van der Waals surface area contributed by atoms with Gasteiger partial charge in [0.2, 0.25) is 0 Å². The molecule has 1 aromatic carbocycles. The number of fused-ring (bicyclic) bond motifs is 4. The Labute approximate surface area is 124 Å². The van der Waals surface area contributed by atoms with E-state index in [1.54, 1.807) is 0 Å². The maximum atomic E-state index is 11.4. The first-order valence-electron chi connectivity index (χ1n) is 7.32. The summed E-state index contributed by atoms with van der Waals surface area (Å²) in [5.74, 6) is 0.359. The van der Waals surface area contributed by atoms with E-state index in [1.807, 2.05) is 37.3 Å². The summed E-state index contributed by atoms with van der Waals surface area (Å²) < 4.78 is 17.4. The Morgan fingerprint density at radius 1 is 1.43 bits per heavy atom. The van der Waals surface area contributed by atoms with E-state index in [0.29, 0.717) is 12.4 Å². The van der Waals surface area contributed by atoms with E-state index in [9.17, 15) is 4.79 Å². The summed E-state index contributed by atoms with van der Waals surface area (Å²) in [5.41, 5.74) is 1.64. The number of rotatable bonds is 3. The fraction of sp³-hybridized carbons (Fsp3) is 0.471. The lowest BCUT2D eigenvalue weighted by atomic mass is 9.79. The molecule has 21 heavy (non-hydrogen) atoms. The van der Waals surface area contributed by atoms with Gasteiger partial charge in [-0.2, -0.15) is 0 Å². The molecule has 3 rings (SSSR count). The molecule has 0 aliphatic carbocycles. The Morgan fingerprint density at radius 3 is 2.90 bits per heavy atom. The van der Waals surface area contributed by atoms with Gasteiger partial charge in [-0.1, -0.05) is 24.3 Å². The molecule has 1 aromatic rings. The highest BCUT2D eigenvalue weighted by Crippen LogP contribution is 2.49. The molecule has 0 amide bonds. The summed E-state index contributed by atoms with van der Waals surface area (Å²) >= 11 is 0. The maximum absolute atomic E-state index is 11.4. The van der Waals surface area contributed by atoms with Gasteiger partial charge in [0.1, 0.15) is 11.4 Å². The monoisotopic (exact) mass is 288 g/mol. The summed E-state index contributed by atoms with van der Waals surface area (Å²) in [6.45, 7) is 6.10. The third kappa shape index (κ3) is 2.44. The van der Waals surface area contributed by atoms with Crippen LogP contribution in [0.4, 0.5) is 0 Å². The van der Waals surface area contributed by atoms with Crippen LogP contribution in [0.5, 0.6) is 0 Å². The first-order valence-corrected chi connectivity index (χ1v) is 7.32. The van der Waals surface area contributed by atoms with Crippen LogP contribution in [-0.4, -0.2) is 18.7 Å².